The lowest BCUT2D eigenvalue weighted by molar-refractivity contribution is 0.0737. The summed E-state index contributed by atoms with van der Waals surface area (Å²) >= 11 is 6.00. The molecule has 2 rings (SSSR count). The van der Waals surface area contributed by atoms with E-state index in [1.807, 2.05) is 48.2 Å². The van der Waals surface area contributed by atoms with Gasteiger partial charge >= 0.3 is 0 Å². The van der Waals surface area contributed by atoms with E-state index in [-0.39, 0.29) is 11.9 Å². The lowest BCUT2D eigenvalue weighted by atomic mass is 10.0. The first-order valence-electron chi connectivity index (χ1n) is 6.69. The molecule has 1 fully saturated rings. The molecule has 1 heterocycles. The number of benzene rings is 1. The second-order valence-corrected chi connectivity index (χ2v) is 5.74. The molecule has 0 saturated carbocycles. The van der Waals surface area contributed by atoms with Gasteiger partial charge in [0.2, 0.25) is 0 Å². The molecule has 2 atom stereocenters. The van der Waals surface area contributed by atoms with E-state index in [1.165, 1.54) is 0 Å². The molecule has 1 amide bonds. The van der Waals surface area contributed by atoms with Gasteiger partial charge in [-0.15, -0.1) is 11.6 Å². The van der Waals surface area contributed by atoms with Crippen molar-refractivity contribution in [3.05, 3.63) is 29.8 Å². The van der Waals surface area contributed by atoms with Crippen molar-refractivity contribution in [3.63, 3.8) is 0 Å². The normalized spacial score (nSPS) is 22.6. The molecule has 104 valence electrons. The molecular weight excluding hydrogens is 260 g/mol. The lowest BCUT2D eigenvalue weighted by Gasteiger charge is -2.25. The second-order valence-electron chi connectivity index (χ2n) is 5.43. The van der Waals surface area contributed by atoms with Crippen molar-refractivity contribution >= 4 is 23.2 Å². The summed E-state index contributed by atoms with van der Waals surface area (Å²) in [7, 11) is 3.98. The molecule has 1 aliphatic rings. The molecule has 0 N–H and O–H groups in total. The molecule has 1 aliphatic heterocycles. The van der Waals surface area contributed by atoms with Crippen molar-refractivity contribution in [1.82, 2.24) is 4.90 Å². The van der Waals surface area contributed by atoms with Gasteiger partial charge in [-0.2, -0.15) is 0 Å². The van der Waals surface area contributed by atoms with Crippen molar-refractivity contribution in [2.75, 3.05) is 31.4 Å². The van der Waals surface area contributed by atoms with Gasteiger partial charge in [0.1, 0.15) is 0 Å². The molecule has 0 spiro atoms. The third-order valence-corrected chi connectivity index (χ3v) is 4.25. The van der Waals surface area contributed by atoms with Gasteiger partial charge in [-0.3, -0.25) is 4.79 Å². The second kappa shape index (κ2) is 5.83. The van der Waals surface area contributed by atoms with E-state index >= 15 is 0 Å². The smallest absolute Gasteiger partial charge is 0.254 e. The maximum atomic E-state index is 12.5. The van der Waals surface area contributed by atoms with Crippen LogP contribution < -0.4 is 4.90 Å². The number of halogens is 1. The van der Waals surface area contributed by atoms with E-state index in [4.69, 9.17) is 11.6 Å². The lowest BCUT2D eigenvalue weighted by Crippen LogP contribution is -2.38. The SMILES string of the molecule is CC1CCN(C(=O)c2ccc(N(C)C)cc2)C1CCl. The molecule has 0 bridgehead atoms. The zero-order chi connectivity index (χ0) is 14.0. The van der Waals surface area contributed by atoms with Gasteiger partial charge in [0.15, 0.2) is 0 Å². The van der Waals surface area contributed by atoms with Crippen molar-refractivity contribution in [2.45, 2.75) is 19.4 Å². The quantitative estimate of drug-likeness (QED) is 0.795. The topological polar surface area (TPSA) is 23.6 Å². The molecule has 3 nitrogen and oxygen atoms in total. The minimum atomic E-state index is 0.0975. The number of carbonyl (C=O) groups is 1. The Bertz CT molecular complexity index is 444. The van der Waals surface area contributed by atoms with E-state index in [9.17, 15) is 4.79 Å². The molecule has 0 aliphatic carbocycles. The Morgan fingerprint density at radius 1 is 1.37 bits per heavy atom. The summed E-state index contributed by atoms with van der Waals surface area (Å²) in [5.74, 6) is 1.10. The van der Waals surface area contributed by atoms with E-state index in [1.54, 1.807) is 0 Å². The number of amides is 1. The fraction of sp³-hybridized carbons (Fsp3) is 0.533. The first-order valence-corrected chi connectivity index (χ1v) is 7.22. The maximum Gasteiger partial charge on any atom is 0.254 e. The van der Waals surface area contributed by atoms with Gasteiger partial charge in [0.05, 0.1) is 0 Å². The Balaban J connectivity index is 2.15. The summed E-state index contributed by atoms with van der Waals surface area (Å²) in [4.78, 5) is 16.4. The van der Waals surface area contributed by atoms with Crippen molar-refractivity contribution in [3.8, 4) is 0 Å². The highest BCUT2D eigenvalue weighted by atomic mass is 35.5. The van der Waals surface area contributed by atoms with E-state index in [0.29, 0.717) is 11.8 Å². The standard InChI is InChI=1S/C15H21ClN2O/c1-11-8-9-18(14(11)10-16)15(19)12-4-6-13(7-5-12)17(2)3/h4-7,11,14H,8-10H2,1-3H3. The fourth-order valence-corrected chi connectivity index (χ4v) is 3.03. The van der Waals surface area contributed by atoms with Crippen LogP contribution in [-0.2, 0) is 0 Å². The highest BCUT2D eigenvalue weighted by molar-refractivity contribution is 6.18. The van der Waals surface area contributed by atoms with Gasteiger partial charge in [-0.05, 0) is 36.6 Å². The van der Waals surface area contributed by atoms with Crippen molar-refractivity contribution in [2.24, 2.45) is 5.92 Å². The monoisotopic (exact) mass is 280 g/mol. The average Bonchev–Trinajstić information content (AvgIpc) is 2.79. The highest BCUT2D eigenvalue weighted by Gasteiger charge is 2.33. The molecule has 0 aromatic heterocycles. The number of nitrogens with zero attached hydrogens (tertiary/aromatic N) is 2. The van der Waals surface area contributed by atoms with Gasteiger partial charge in [0, 0.05) is 43.8 Å². The van der Waals surface area contributed by atoms with Crippen LogP contribution in [0.1, 0.15) is 23.7 Å². The first-order chi connectivity index (χ1) is 9.04. The Hall–Kier alpha value is -1.22. The van der Waals surface area contributed by atoms with Crippen LogP contribution in [0.25, 0.3) is 0 Å². The number of hydrogen-bond acceptors (Lipinski definition) is 2. The third kappa shape index (κ3) is 2.86. The maximum absolute atomic E-state index is 12.5. The van der Waals surface area contributed by atoms with E-state index in [2.05, 4.69) is 6.92 Å². The van der Waals surface area contributed by atoms with Gasteiger partial charge < -0.3 is 9.80 Å². The highest BCUT2D eigenvalue weighted by Crippen LogP contribution is 2.27. The largest absolute Gasteiger partial charge is 0.378 e. The molecule has 19 heavy (non-hydrogen) atoms. The molecule has 1 aromatic rings. The number of likely N-dealkylation sites (tertiary alicyclic amines) is 1. The van der Waals surface area contributed by atoms with Crippen LogP contribution in [0.2, 0.25) is 0 Å². The predicted molar refractivity (Wildman–Crippen MR) is 80.1 cm³/mol. The number of alkyl halides is 1. The number of hydrogen-bond donors (Lipinski definition) is 0. The molecule has 1 aromatic carbocycles. The fourth-order valence-electron chi connectivity index (χ4n) is 2.56. The van der Waals surface area contributed by atoms with Gasteiger partial charge in [-0.1, -0.05) is 6.92 Å². The average molecular weight is 281 g/mol. The van der Waals surface area contributed by atoms with E-state index < -0.39 is 0 Å². The van der Waals surface area contributed by atoms with Crippen LogP contribution >= 0.6 is 11.6 Å². The van der Waals surface area contributed by atoms with Crippen LogP contribution in [0.3, 0.4) is 0 Å². The minimum Gasteiger partial charge on any atom is -0.378 e. The Labute approximate surface area is 120 Å². The van der Waals surface area contributed by atoms with Crippen molar-refractivity contribution < 1.29 is 4.79 Å². The van der Waals surface area contributed by atoms with Crippen LogP contribution in [0.5, 0.6) is 0 Å². The molecular formula is C15H21ClN2O. The summed E-state index contributed by atoms with van der Waals surface area (Å²) in [5.41, 5.74) is 1.84. The minimum absolute atomic E-state index is 0.0975. The van der Waals surface area contributed by atoms with Crippen LogP contribution in [-0.4, -0.2) is 43.4 Å². The Morgan fingerprint density at radius 3 is 2.53 bits per heavy atom. The zero-order valence-corrected chi connectivity index (χ0v) is 12.5. The summed E-state index contributed by atoms with van der Waals surface area (Å²) < 4.78 is 0. The third-order valence-electron chi connectivity index (χ3n) is 3.93. The Kier molecular flexibility index (Phi) is 4.35. The molecule has 2 unspecified atom stereocenters. The summed E-state index contributed by atoms with van der Waals surface area (Å²) in [6.45, 7) is 2.97. The summed E-state index contributed by atoms with van der Waals surface area (Å²) in [5, 5.41) is 0. The number of rotatable bonds is 3. The molecule has 1 saturated heterocycles. The number of carbonyl (C=O) groups excluding carboxylic acids is 1. The van der Waals surface area contributed by atoms with E-state index in [0.717, 1.165) is 24.2 Å². The van der Waals surface area contributed by atoms with Gasteiger partial charge in [-0.25, -0.2) is 0 Å². The molecule has 4 heteroatoms. The van der Waals surface area contributed by atoms with Gasteiger partial charge in [0.25, 0.3) is 5.91 Å². The molecule has 0 radical (unpaired) electrons. The number of anilines is 1. The first kappa shape index (κ1) is 14.2. The van der Waals surface area contributed by atoms with Crippen molar-refractivity contribution in [1.29, 1.82) is 0 Å². The predicted octanol–water partition coefficient (Wildman–Crippen LogP) is 2.84. The van der Waals surface area contributed by atoms with Crippen LogP contribution in [0, 0.1) is 5.92 Å². The zero-order valence-electron chi connectivity index (χ0n) is 11.8. The summed E-state index contributed by atoms with van der Waals surface area (Å²) in [6, 6.07) is 7.91. The van der Waals surface area contributed by atoms with Crippen LogP contribution in [0.4, 0.5) is 5.69 Å². The summed E-state index contributed by atoms with van der Waals surface area (Å²) in [6.07, 6.45) is 1.04. The Morgan fingerprint density at radius 2 is 2.00 bits per heavy atom. The van der Waals surface area contributed by atoms with Crippen LogP contribution in [0.15, 0.2) is 24.3 Å².